The highest BCUT2D eigenvalue weighted by Gasteiger charge is 2.48. The largest absolute Gasteiger partial charge is 0.293 e. The molecule has 0 N–H and O–H groups in total. The number of hydrogen-bond donors (Lipinski definition) is 1. The first-order valence-corrected chi connectivity index (χ1v) is 7.90. The second-order valence-electron chi connectivity index (χ2n) is 5.96. The van der Waals surface area contributed by atoms with Crippen LogP contribution in [0.2, 0.25) is 10.0 Å². The second-order valence-corrected chi connectivity index (χ2v) is 7.20. The number of ketones is 1. The van der Waals surface area contributed by atoms with E-state index in [-0.39, 0.29) is 11.2 Å². The molecule has 2 aliphatic carbocycles. The summed E-state index contributed by atoms with van der Waals surface area (Å²) in [6.45, 7) is 2.09. The van der Waals surface area contributed by atoms with Crippen LogP contribution in [0.1, 0.15) is 48.5 Å². The smallest absolute Gasteiger partial charge is 0.171 e. The summed E-state index contributed by atoms with van der Waals surface area (Å²) in [5.74, 6) is 0.653. The fourth-order valence-corrected chi connectivity index (χ4v) is 4.49. The Bertz CT molecular complexity index is 564. The molecule has 0 radical (unpaired) electrons. The highest BCUT2D eigenvalue weighted by atomic mass is 35.5. The first kappa shape index (κ1) is 13.8. The third-order valence-electron chi connectivity index (χ3n) is 4.83. The van der Waals surface area contributed by atoms with E-state index in [0.717, 1.165) is 24.8 Å². The number of benzene rings is 1. The second kappa shape index (κ2) is 4.68. The zero-order valence-electron chi connectivity index (χ0n) is 10.8. The van der Waals surface area contributed by atoms with Crippen LogP contribution in [0.4, 0.5) is 0 Å². The Kier molecular flexibility index (Phi) is 3.40. The van der Waals surface area contributed by atoms with E-state index in [9.17, 15) is 4.79 Å². The third kappa shape index (κ3) is 1.95. The van der Waals surface area contributed by atoms with E-state index >= 15 is 0 Å². The quantitative estimate of drug-likeness (QED) is 0.703. The third-order valence-corrected chi connectivity index (χ3v) is 6.18. The number of Topliss-reactive ketones (excluding diaryl/α,β-unsaturated/α-hetero) is 1. The maximum atomic E-state index is 12.8. The molecule has 1 aromatic rings. The lowest BCUT2D eigenvalue weighted by Crippen LogP contribution is -2.32. The maximum absolute atomic E-state index is 12.8. The van der Waals surface area contributed by atoms with Gasteiger partial charge in [-0.3, -0.25) is 4.79 Å². The molecule has 0 spiro atoms. The average Bonchev–Trinajstić information content (AvgIpc) is 2.96. The highest BCUT2D eigenvalue weighted by Crippen LogP contribution is 2.51. The maximum Gasteiger partial charge on any atom is 0.171 e. The normalized spacial score (nSPS) is 27.1. The predicted molar refractivity (Wildman–Crippen MR) is 81.8 cm³/mol. The van der Waals surface area contributed by atoms with Gasteiger partial charge in [-0.2, -0.15) is 0 Å². The molecular weight excluding hydrogens is 299 g/mol. The molecule has 1 atom stereocenters. The van der Waals surface area contributed by atoms with E-state index in [4.69, 9.17) is 23.2 Å². The Morgan fingerprint density at radius 1 is 1.26 bits per heavy atom. The van der Waals surface area contributed by atoms with Crippen molar-refractivity contribution in [1.29, 1.82) is 0 Å². The fourth-order valence-electron chi connectivity index (χ4n) is 3.70. The first-order chi connectivity index (χ1) is 8.95. The van der Waals surface area contributed by atoms with Crippen molar-refractivity contribution in [3.63, 3.8) is 0 Å². The zero-order valence-corrected chi connectivity index (χ0v) is 13.2. The summed E-state index contributed by atoms with van der Waals surface area (Å²) in [5.41, 5.74) is 1.35. The van der Waals surface area contributed by atoms with Gasteiger partial charge in [0.15, 0.2) is 5.78 Å². The van der Waals surface area contributed by atoms with Gasteiger partial charge in [-0.25, -0.2) is 0 Å². The number of rotatable bonds is 1. The van der Waals surface area contributed by atoms with Crippen LogP contribution in [0.15, 0.2) is 11.0 Å². The van der Waals surface area contributed by atoms with Gasteiger partial charge in [0.1, 0.15) is 0 Å². The van der Waals surface area contributed by atoms with Crippen LogP contribution in [0, 0.1) is 11.3 Å². The van der Waals surface area contributed by atoms with Crippen molar-refractivity contribution in [2.45, 2.75) is 43.9 Å². The predicted octanol–water partition coefficient (Wildman–Crippen LogP) is 5.22. The molecule has 0 amide bonds. The summed E-state index contributed by atoms with van der Waals surface area (Å²) in [5, 5.41) is 0.781. The molecule has 102 valence electrons. The molecule has 1 aromatic carbocycles. The van der Waals surface area contributed by atoms with E-state index in [1.54, 1.807) is 0 Å². The Hall–Kier alpha value is -0.180. The van der Waals surface area contributed by atoms with Gasteiger partial charge >= 0.3 is 0 Å². The van der Waals surface area contributed by atoms with E-state index in [2.05, 4.69) is 19.6 Å². The van der Waals surface area contributed by atoms with E-state index in [1.165, 1.54) is 12.8 Å². The van der Waals surface area contributed by atoms with Crippen molar-refractivity contribution < 1.29 is 4.79 Å². The van der Waals surface area contributed by atoms with Gasteiger partial charge in [0.25, 0.3) is 0 Å². The van der Waals surface area contributed by atoms with E-state index in [1.807, 2.05) is 6.07 Å². The first-order valence-electron chi connectivity index (χ1n) is 6.70. The Balaban J connectivity index is 2.09. The summed E-state index contributed by atoms with van der Waals surface area (Å²) in [6, 6.07) is 1.91. The number of hydrogen-bond acceptors (Lipinski definition) is 2. The van der Waals surface area contributed by atoms with Crippen molar-refractivity contribution in [1.82, 2.24) is 0 Å². The molecule has 1 saturated carbocycles. The number of carbonyl (C=O) groups is 1. The Labute approximate surface area is 129 Å². The molecule has 1 nitrogen and oxygen atoms in total. The number of halogens is 2. The SMILES string of the molecule is C[C@@]1(C2CCCC2)Cc2cc(S)c(Cl)c(Cl)c2C1=O. The van der Waals surface area contributed by atoms with Crippen LogP contribution >= 0.6 is 35.8 Å². The minimum atomic E-state index is -0.298. The van der Waals surface area contributed by atoms with Gasteiger partial charge in [-0.15, -0.1) is 12.6 Å². The minimum Gasteiger partial charge on any atom is -0.293 e. The summed E-state index contributed by atoms with van der Waals surface area (Å²) in [6.07, 6.45) is 5.54. The molecular formula is C15H16Cl2OS. The molecule has 0 aromatic heterocycles. The van der Waals surface area contributed by atoms with Crippen LogP contribution in [0.25, 0.3) is 0 Å². The number of thiol groups is 1. The summed E-state index contributed by atoms with van der Waals surface area (Å²) in [4.78, 5) is 13.5. The Morgan fingerprint density at radius 2 is 1.89 bits per heavy atom. The van der Waals surface area contributed by atoms with Crippen LogP contribution in [0.3, 0.4) is 0 Å². The van der Waals surface area contributed by atoms with Gasteiger partial charge in [0, 0.05) is 15.9 Å². The monoisotopic (exact) mass is 314 g/mol. The molecule has 0 heterocycles. The fraction of sp³-hybridized carbons (Fsp3) is 0.533. The molecule has 2 aliphatic rings. The molecule has 0 saturated heterocycles. The molecule has 4 heteroatoms. The van der Waals surface area contributed by atoms with E-state index in [0.29, 0.717) is 26.4 Å². The topological polar surface area (TPSA) is 17.1 Å². The lowest BCUT2D eigenvalue weighted by molar-refractivity contribution is 0.0744. The molecule has 0 aliphatic heterocycles. The molecule has 3 rings (SSSR count). The van der Waals surface area contributed by atoms with Crippen molar-refractivity contribution in [3.8, 4) is 0 Å². The molecule has 0 bridgehead atoms. The number of fused-ring (bicyclic) bond motifs is 1. The summed E-state index contributed by atoms with van der Waals surface area (Å²) >= 11 is 16.7. The molecule has 1 fully saturated rings. The van der Waals surface area contributed by atoms with Crippen molar-refractivity contribution in [2.24, 2.45) is 11.3 Å². The van der Waals surface area contributed by atoms with Gasteiger partial charge in [-0.05, 0) is 36.8 Å². The number of carbonyl (C=O) groups excluding carboxylic acids is 1. The van der Waals surface area contributed by atoms with Crippen LogP contribution < -0.4 is 0 Å². The zero-order chi connectivity index (χ0) is 13.8. The van der Waals surface area contributed by atoms with Gasteiger partial charge in [0.05, 0.1) is 10.0 Å². The molecule has 19 heavy (non-hydrogen) atoms. The van der Waals surface area contributed by atoms with Gasteiger partial charge in [0.2, 0.25) is 0 Å². The summed E-state index contributed by atoms with van der Waals surface area (Å²) < 4.78 is 0. The van der Waals surface area contributed by atoms with Crippen molar-refractivity contribution in [2.75, 3.05) is 0 Å². The minimum absolute atomic E-state index is 0.176. The van der Waals surface area contributed by atoms with Crippen LogP contribution in [-0.2, 0) is 6.42 Å². The summed E-state index contributed by atoms with van der Waals surface area (Å²) in [7, 11) is 0. The average molecular weight is 315 g/mol. The lowest BCUT2D eigenvalue weighted by Gasteiger charge is -2.29. The van der Waals surface area contributed by atoms with Crippen molar-refractivity contribution >= 4 is 41.6 Å². The van der Waals surface area contributed by atoms with Crippen LogP contribution in [-0.4, -0.2) is 5.78 Å². The highest BCUT2D eigenvalue weighted by molar-refractivity contribution is 7.80. The lowest BCUT2D eigenvalue weighted by atomic mass is 9.73. The van der Waals surface area contributed by atoms with Gasteiger partial charge < -0.3 is 0 Å². The molecule has 0 unspecified atom stereocenters. The Morgan fingerprint density at radius 3 is 2.53 bits per heavy atom. The van der Waals surface area contributed by atoms with E-state index < -0.39 is 0 Å². The van der Waals surface area contributed by atoms with Crippen molar-refractivity contribution in [3.05, 3.63) is 27.2 Å². The standard InChI is InChI=1S/C15H16Cl2OS/c1-15(9-4-2-3-5-9)7-8-6-10(19)12(16)13(17)11(8)14(15)18/h6,9,19H,2-5,7H2,1H3/t15-/m0/s1. The van der Waals surface area contributed by atoms with Crippen LogP contribution in [0.5, 0.6) is 0 Å². The van der Waals surface area contributed by atoms with Gasteiger partial charge in [-0.1, -0.05) is 43.0 Å².